The van der Waals surface area contributed by atoms with E-state index in [-0.39, 0.29) is 5.54 Å². The predicted octanol–water partition coefficient (Wildman–Crippen LogP) is 2.59. The molecule has 1 fully saturated rings. The van der Waals surface area contributed by atoms with Crippen LogP contribution in [-0.4, -0.2) is 16.5 Å². The monoisotopic (exact) mass is 233 g/mol. The van der Waals surface area contributed by atoms with Crippen molar-refractivity contribution in [3.05, 3.63) is 24.3 Å². The molecule has 3 nitrogen and oxygen atoms in total. The topological polar surface area (TPSA) is 50.9 Å². The first-order valence-electron chi connectivity index (χ1n) is 5.66. The summed E-state index contributed by atoms with van der Waals surface area (Å²) in [7, 11) is 0. The number of hydrogen-bond donors (Lipinski definition) is 2. The quantitative estimate of drug-likeness (QED) is 0.856. The lowest BCUT2D eigenvalue weighted by Gasteiger charge is -2.42. The molecule has 0 amide bonds. The van der Waals surface area contributed by atoms with E-state index in [1.165, 1.54) is 41.2 Å². The number of benzene rings is 1. The molecular weight excluding hydrogens is 218 g/mol. The fraction of sp³-hybridized carbons (Fsp3) is 0.417. The van der Waals surface area contributed by atoms with Crippen LogP contribution in [0.5, 0.6) is 0 Å². The number of rotatable bonds is 3. The third-order valence-electron chi connectivity index (χ3n) is 3.46. The molecule has 1 heterocycles. The molecule has 0 radical (unpaired) electrons. The van der Waals surface area contributed by atoms with E-state index in [0.29, 0.717) is 6.54 Å². The molecule has 1 aromatic carbocycles. The minimum atomic E-state index is 0.134. The molecule has 0 unspecified atom stereocenters. The number of hydrogen-bond acceptors (Lipinski definition) is 4. The van der Waals surface area contributed by atoms with Crippen molar-refractivity contribution in [3.8, 4) is 0 Å². The Morgan fingerprint density at radius 3 is 2.88 bits per heavy atom. The van der Waals surface area contributed by atoms with Gasteiger partial charge in [-0.3, -0.25) is 0 Å². The largest absolute Gasteiger partial charge is 0.368 e. The highest BCUT2D eigenvalue weighted by Crippen LogP contribution is 2.38. The molecule has 84 valence electrons. The van der Waals surface area contributed by atoms with Crippen LogP contribution in [0.3, 0.4) is 0 Å². The molecule has 1 aliphatic carbocycles. The molecule has 2 aromatic rings. The Morgan fingerprint density at radius 1 is 1.38 bits per heavy atom. The van der Waals surface area contributed by atoms with Gasteiger partial charge in [0.25, 0.3) is 0 Å². The number of anilines is 1. The summed E-state index contributed by atoms with van der Waals surface area (Å²) >= 11 is 1.54. The number of nitrogens with one attached hydrogen (secondary N) is 1. The van der Waals surface area contributed by atoms with Crippen LogP contribution in [0.25, 0.3) is 10.9 Å². The smallest absolute Gasteiger partial charge is 0.117 e. The highest BCUT2D eigenvalue weighted by Gasteiger charge is 2.36. The maximum Gasteiger partial charge on any atom is 0.117 e. The van der Waals surface area contributed by atoms with Crippen molar-refractivity contribution in [2.75, 3.05) is 11.9 Å². The fourth-order valence-corrected chi connectivity index (χ4v) is 3.09. The lowest BCUT2D eigenvalue weighted by atomic mass is 9.77. The van der Waals surface area contributed by atoms with Gasteiger partial charge < -0.3 is 11.1 Å². The van der Waals surface area contributed by atoms with E-state index in [0.717, 1.165) is 5.52 Å². The van der Waals surface area contributed by atoms with E-state index in [9.17, 15) is 0 Å². The van der Waals surface area contributed by atoms with Gasteiger partial charge in [0.15, 0.2) is 0 Å². The molecule has 3 rings (SSSR count). The molecular formula is C12H15N3S. The Labute approximate surface area is 98.8 Å². The van der Waals surface area contributed by atoms with Gasteiger partial charge >= 0.3 is 0 Å². The third kappa shape index (κ3) is 1.49. The normalized spacial score (nSPS) is 18.3. The van der Waals surface area contributed by atoms with Crippen LogP contribution in [0, 0.1) is 0 Å². The second kappa shape index (κ2) is 3.71. The lowest BCUT2D eigenvalue weighted by molar-refractivity contribution is 0.288. The van der Waals surface area contributed by atoms with Gasteiger partial charge in [-0.2, -0.15) is 4.37 Å². The summed E-state index contributed by atoms with van der Waals surface area (Å²) in [6.45, 7) is 0.708. The first-order chi connectivity index (χ1) is 7.83. The predicted molar refractivity (Wildman–Crippen MR) is 68.9 cm³/mol. The van der Waals surface area contributed by atoms with Gasteiger partial charge in [0.1, 0.15) is 5.00 Å². The third-order valence-corrected chi connectivity index (χ3v) is 4.26. The van der Waals surface area contributed by atoms with Crippen LogP contribution < -0.4 is 11.1 Å². The van der Waals surface area contributed by atoms with Crippen LogP contribution in [-0.2, 0) is 0 Å². The lowest BCUT2D eigenvalue weighted by Crippen LogP contribution is -2.51. The average Bonchev–Trinajstić information content (AvgIpc) is 2.67. The van der Waals surface area contributed by atoms with Crippen molar-refractivity contribution in [1.29, 1.82) is 0 Å². The van der Waals surface area contributed by atoms with E-state index in [1.54, 1.807) is 0 Å². The highest BCUT2D eigenvalue weighted by atomic mass is 32.1. The molecule has 1 aliphatic rings. The number of aromatic nitrogens is 1. The van der Waals surface area contributed by atoms with Crippen LogP contribution in [0.4, 0.5) is 5.00 Å². The first-order valence-corrected chi connectivity index (χ1v) is 6.43. The Morgan fingerprint density at radius 2 is 2.19 bits per heavy atom. The summed E-state index contributed by atoms with van der Waals surface area (Å²) in [6, 6.07) is 8.24. The molecule has 0 spiro atoms. The van der Waals surface area contributed by atoms with Crippen LogP contribution in [0.1, 0.15) is 19.3 Å². The molecule has 1 aromatic heterocycles. The Balaban J connectivity index is 1.94. The fourth-order valence-electron chi connectivity index (χ4n) is 2.20. The molecule has 16 heavy (non-hydrogen) atoms. The molecule has 0 aliphatic heterocycles. The van der Waals surface area contributed by atoms with Gasteiger partial charge in [0.05, 0.1) is 11.1 Å². The van der Waals surface area contributed by atoms with Gasteiger partial charge in [-0.05, 0) is 42.9 Å². The molecule has 0 bridgehead atoms. The van der Waals surface area contributed by atoms with Crippen LogP contribution in [0.15, 0.2) is 24.3 Å². The molecule has 1 saturated carbocycles. The van der Waals surface area contributed by atoms with Gasteiger partial charge in [-0.25, -0.2) is 0 Å². The molecule has 4 heteroatoms. The number of fused-ring (bicyclic) bond motifs is 1. The minimum Gasteiger partial charge on any atom is -0.368 e. The Bertz CT molecular complexity index is 496. The summed E-state index contributed by atoms with van der Waals surface area (Å²) < 4.78 is 4.43. The van der Waals surface area contributed by atoms with E-state index in [4.69, 9.17) is 5.73 Å². The van der Waals surface area contributed by atoms with Crippen molar-refractivity contribution in [2.24, 2.45) is 5.73 Å². The van der Waals surface area contributed by atoms with Crippen molar-refractivity contribution in [2.45, 2.75) is 24.8 Å². The zero-order chi connectivity index (χ0) is 11.0. The average molecular weight is 233 g/mol. The van der Waals surface area contributed by atoms with Gasteiger partial charge in [0.2, 0.25) is 0 Å². The van der Waals surface area contributed by atoms with Crippen molar-refractivity contribution >= 4 is 27.4 Å². The van der Waals surface area contributed by atoms with Crippen molar-refractivity contribution in [1.82, 2.24) is 4.37 Å². The second-order valence-corrected chi connectivity index (χ2v) is 5.27. The van der Waals surface area contributed by atoms with Crippen molar-refractivity contribution in [3.63, 3.8) is 0 Å². The second-order valence-electron chi connectivity index (χ2n) is 4.49. The molecule has 0 atom stereocenters. The number of nitrogens with zero attached hydrogens (tertiary/aromatic N) is 1. The summed E-state index contributed by atoms with van der Waals surface area (Å²) in [5.41, 5.74) is 7.06. The SMILES string of the molecule is NCC1(Nc2snc3ccccc23)CCC1. The van der Waals surface area contributed by atoms with Crippen LogP contribution in [0.2, 0.25) is 0 Å². The van der Waals surface area contributed by atoms with Gasteiger partial charge in [0, 0.05) is 11.9 Å². The Kier molecular flexibility index (Phi) is 2.33. The summed E-state index contributed by atoms with van der Waals surface area (Å²) in [4.78, 5) is 0. The minimum absolute atomic E-state index is 0.134. The van der Waals surface area contributed by atoms with E-state index in [1.807, 2.05) is 12.1 Å². The van der Waals surface area contributed by atoms with Crippen molar-refractivity contribution < 1.29 is 0 Å². The van der Waals surface area contributed by atoms with Gasteiger partial charge in [-0.1, -0.05) is 12.1 Å². The maximum atomic E-state index is 5.85. The number of nitrogens with two attached hydrogens (primary N) is 1. The molecule has 0 saturated heterocycles. The summed E-state index contributed by atoms with van der Waals surface area (Å²) in [5, 5.41) is 5.98. The highest BCUT2D eigenvalue weighted by molar-refractivity contribution is 7.11. The standard InChI is InChI=1S/C12H15N3S/c13-8-12(6-3-7-12)14-11-9-4-1-2-5-10(9)15-16-11/h1-2,4-5,14H,3,6-8,13H2. The molecule has 3 N–H and O–H groups in total. The van der Waals surface area contributed by atoms with Crippen LogP contribution >= 0.6 is 11.5 Å². The zero-order valence-corrected chi connectivity index (χ0v) is 9.89. The Hall–Kier alpha value is -1.13. The van der Waals surface area contributed by atoms with E-state index in [2.05, 4.69) is 21.8 Å². The summed E-state index contributed by atoms with van der Waals surface area (Å²) in [6.07, 6.45) is 3.63. The van der Waals surface area contributed by atoms with Gasteiger partial charge in [-0.15, -0.1) is 0 Å². The first kappa shape index (κ1) is 10.1. The van der Waals surface area contributed by atoms with E-state index < -0.39 is 0 Å². The van der Waals surface area contributed by atoms with E-state index >= 15 is 0 Å². The summed E-state index contributed by atoms with van der Waals surface area (Å²) in [5.74, 6) is 0. The maximum absolute atomic E-state index is 5.85. The zero-order valence-electron chi connectivity index (χ0n) is 9.07.